The number of hydrogen-bond donors (Lipinski definition) is 0. The van der Waals surface area contributed by atoms with Crippen molar-refractivity contribution in [2.45, 2.75) is 33.1 Å². The van der Waals surface area contributed by atoms with Gasteiger partial charge in [0.1, 0.15) is 0 Å². The van der Waals surface area contributed by atoms with Crippen LogP contribution in [0.1, 0.15) is 44.2 Å². The molecule has 0 saturated heterocycles. The first-order valence-corrected chi connectivity index (χ1v) is 10.8. The zero-order valence-electron chi connectivity index (χ0n) is 19.4. The van der Waals surface area contributed by atoms with Crippen molar-refractivity contribution in [1.29, 1.82) is 0 Å². The van der Waals surface area contributed by atoms with E-state index in [1.165, 1.54) is 5.69 Å². The van der Waals surface area contributed by atoms with Crippen LogP contribution in [0.15, 0.2) is 60.2 Å². The highest BCUT2D eigenvalue weighted by Gasteiger charge is 2.17. The fourth-order valence-electron chi connectivity index (χ4n) is 3.47. The number of ketones is 1. The van der Waals surface area contributed by atoms with Crippen LogP contribution in [0.25, 0.3) is 12.2 Å². The first kappa shape index (κ1) is 23.5. The summed E-state index contributed by atoms with van der Waals surface area (Å²) in [6.45, 7) is 4.08. The lowest BCUT2D eigenvalue weighted by Gasteiger charge is -2.14. The minimum atomic E-state index is 0.0320. The summed E-state index contributed by atoms with van der Waals surface area (Å²) in [6.07, 6.45) is 8.96. The van der Waals surface area contributed by atoms with E-state index in [1.54, 1.807) is 0 Å². The maximum absolute atomic E-state index is 13.1. The lowest BCUT2D eigenvalue weighted by molar-refractivity contribution is -0.119. The van der Waals surface area contributed by atoms with E-state index in [2.05, 4.69) is 77.4 Å². The van der Waals surface area contributed by atoms with Crippen LogP contribution < -0.4 is 9.80 Å². The zero-order chi connectivity index (χ0) is 22.1. The second-order valence-corrected chi connectivity index (χ2v) is 8.29. The van der Waals surface area contributed by atoms with Crippen molar-refractivity contribution in [2.24, 2.45) is 5.92 Å². The molecule has 0 radical (unpaired) electrons. The Morgan fingerprint density at radius 3 is 1.83 bits per heavy atom. The molecule has 1 atom stereocenters. The molecular weight excluding hydrogens is 368 g/mol. The van der Waals surface area contributed by atoms with Gasteiger partial charge in [0.05, 0.1) is 0 Å². The summed E-state index contributed by atoms with van der Waals surface area (Å²) in [5, 5.41) is 0. The fourth-order valence-corrected chi connectivity index (χ4v) is 3.47. The Balaban J connectivity index is 2.05. The van der Waals surface area contributed by atoms with Gasteiger partial charge in [0, 0.05) is 45.5 Å². The van der Waals surface area contributed by atoms with Crippen molar-refractivity contribution in [3.05, 3.63) is 71.3 Å². The van der Waals surface area contributed by atoms with Gasteiger partial charge in [-0.2, -0.15) is 0 Å². The SMILES string of the molecule is CCCC(CC=Cc1ccc(N(C)C)cc1)C(=O)C(C)=Cc1ccc(N(C)C)cc1. The van der Waals surface area contributed by atoms with Gasteiger partial charge in [-0.1, -0.05) is 49.8 Å². The third kappa shape index (κ3) is 6.91. The first-order valence-electron chi connectivity index (χ1n) is 10.8. The van der Waals surface area contributed by atoms with Gasteiger partial charge in [0.2, 0.25) is 0 Å². The largest absolute Gasteiger partial charge is 0.378 e. The molecule has 2 rings (SSSR count). The van der Waals surface area contributed by atoms with Crippen molar-refractivity contribution >= 4 is 29.3 Å². The summed E-state index contributed by atoms with van der Waals surface area (Å²) in [7, 11) is 8.13. The van der Waals surface area contributed by atoms with Gasteiger partial charge in [0.25, 0.3) is 0 Å². The molecular formula is C27H36N2O. The molecule has 2 aromatic rings. The van der Waals surface area contributed by atoms with Crippen LogP contribution in [0.4, 0.5) is 11.4 Å². The van der Waals surface area contributed by atoms with Gasteiger partial charge in [0.15, 0.2) is 5.78 Å². The molecule has 1 unspecified atom stereocenters. The van der Waals surface area contributed by atoms with Gasteiger partial charge in [-0.3, -0.25) is 4.79 Å². The third-order valence-corrected chi connectivity index (χ3v) is 5.33. The lowest BCUT2D eigenvalue weighted by atomic mass is 9.90. The minimum absolute atomic E-state index is 0.0320. The summed E-state index contributed by atoms with van der Waals surface area (Å²) in [5.41, 5.74) is 5.40. The van der Waals surface area contributed by atoms with E-state index in [-0.39, 0.29) is 11.7 Å². The number of benzene rings is 2. The van der Waals surface area contributed by atoms with Gasteiger partial charge in [-0.05, 0) is 66.8 Å². The van der Waals surface area contributed by atoms with Crippen LogP contribution in [0, 0.1) is 5.92 Å². The molecule has 0 aromatic heterocycles. The Kier molecular flexibility index (Phi) is 8.91. The molecule has 0 aliphatic carbocycles. The summed E-state index contributed by atoms with van der Waals surface area (Å²) in [6, 6.07) is 16.8. The zero-order valence-corrected chi connectivity index (χ0v) is 19.4. The highest BCUT2D eigenvalue weighted by molar-refractivity contribution is 6.00. The third-order valence-electron chi connectivity index (χ3n) is 5.33. The summed E-state index contributed by atoms with van der Waals surface area (Å²) < 4.78 is 0. The Morgan fingerprint density at radius 1 is 0.867 bits per heavy atom. The highest BCUT2D eigenvalue weighted by Crippen LogP contribution is 2.21. The number of carbonyl (C=O) groups is 1. The van der Waals surface area contributed by atoms with Crippen LogP contribution in [-0.2, 0) is 4.79 Å². The second-order valence-electron chi connectivity index (χ2n) is 8.29. The van der Waals surface area contributed by atoms with Crippen LogP contribution >= 0.6 is 0 Å². The number of carbonyl (C=O) groups excluding carboxylic acids is 1. The molecule has 0 bridgehead atoms. The molecule has 0 aliphatic rings. The first-order chi connectivity index (χ1) is 14.3. The number of nitrogens with zero attached hydrogens (tertiary/aromatic N) is 2. The Labute approximate surface area is 182 Å². The average molecular weight is 405 g/mol. The van der Waals surface area contributed by atoms with Crippen molar-refractivity contribution in [1.82, 2.24) is 0 Å². The molecule has 3 heteroatoms. The van der Waals surface area contributed by atoms with Crippen molar-refractivity contribution in [2.75, 3.05) is 38.0 Å². The van der Waals surface area contributed by atoms with E-state index in [4.69, 9.17) is 0 Å². The van der Waals surface area contributed by atoms with Crippen molar-refractivity contribution in [3.8, 4) is 0 Å². The van der Waals surface area contributed by atoms with Gasteiger partial charge in [-0.25, -0.2) is 0 Å². The number of hydrogen-bond acceptors (Lipinski definition) is 3. The number of rotatable bonds is 10. The van der Waals surface area contributed by atoms with Gasteiger partial charge < -0.3 is 9.80 Å². The molecule has 0 N–H and O–H groups in total. The lowest BCUT2D eigenvalue weighted by Crippen LogP contribution is -2.14. The predicted molar refractivity (Wildman–Crippen MR) is 132 cm³/mol. The topological polar surface area (TPSA) is 23.6 Å². The van der Waals surface area contributed by atoms with E-state index in [0.717, 1.165) is 41.6 Å². The molecule has 3 nitrogen and oxygen atoms in total. The van der Waals surface area contributed by atoms with Crippen LogP contribution in [-0.4, -0.2) is 34.0 Å². The smallest absolute Gasteiger partial charge is 0.161 e. The van der Waals surface area contributed by atoms with E-state index >= 15 is 0 Å². The number of allylic oxidation sites excluding steroid dienone is 2. The van der Waals surface area contributed by atoms with Crippen LogP contribution in [0.3, 0.4) is 0 Å². The maximum atomic E-state index is 13.1. The fraction of sp³-hybridized carbons (Fsp3) is 0.370. The normalized spacial score (nSPS) is 12.8. The second kappa shape index (κ2) is 11.4. The molecule has 0 spiro atoms. The molecule has 0 saturated carbocycles. The standard InChI is InChI=1S/C27H36N2O/c1-7-9-24(11-8-10-22-12-16-25(17-13-22)28(3)4)27(30)21(2)20-23-14-18-26(19-15-23)29(5)6/h8,10,12-20,24H,7,9,11H2,1-6H3. The Hall–Kier alpha value is -2.81. The van der Waals surface area contributed by atoms with Gasteiger partial charge >= 0.3 is 0 Å². The molecule has 0 amide bonds. The monoisotopic (exact) mass is 404 g/mol. The molecule has 160 valence electrons. The number of Topliss-reactive ketones (excluding diaryl/α,β-unsaturated/α-hetero) is 1. The number of anilines is 2. The summed E-state index contributed by atoms with van der Waals surface area (Å²) in [5.74, 6) is 0.283. The predicted octanol–water partition coefficient (Wildman–Crippen LogP) is 6.31. The summed E-state index contributed by atoms with van der Waals surface area (Å²) >= 11 is 0. The molecule has 0 heterocycles. The molecule has 2 aromatic carbocycles. The van der Waals surface area contributed by atoms with E-state index in [9.17, 15) is 4.79 Å². The Morgan fingerprint density at radius 2 is 1.37 bits per heavy atom. The van der Waals surface area contributed by atoms with Crippen molar-refractivity contribution < 1.29 is 4.79 Å². The maximum Gasteiger partial charge on any atom is 0.161 e. The molecule has 30 heavy (non-hydrogen) atoms. The molecule has 0 fully saturated rings. The average Bonchev–Trinajstić information content (AvgIpc) is 2.73. The highest BCUT2D eigenvalue weighted by atomic mass is 16.1. The quantitative estimate of drug-likeness (QED) is 0.433. The minimum Gasteiger partial charge on any atom is -0.378 e. The van der Waals surface area contributed by atoms with Crippen LogP contribution in [0.5, 0.6) is 0 Å². The van der Waals surface area contributed by atoms with Crippen molar-refractivity contribution in [3.63, 3.8) is 0 Å². The summed E-state index contributed by atoms with van der Waals surface area (Å²) in [4.78, 5) is 17.2. The van der Waals surface area contributed by atoms with E-state index in [1.807, 2.05) is 41.2 Å². The Bertz CT molecular complexity index is 859. The van der Waals surface area contributed by atoms with Gasteiger partial charge in [-0.15, -0.1) is 0 Å². The van der Waals surface area contributed by atoms with E-state index < -0.39 is 0 Å². The van der Waals surface area contributed by atoms with E-state index in [0.29, 0.717) is 0 Å². The van der Waals surface area contributed by atoms with Crippen LogP contribution in [0.2, 0.25) is 0 Å². The molecule has 0 aliphatic heterocycles.